The second-order valence-electron chi connectivity index (χ2n) is 2.75. The lowest BCUT2D eigenvalue weighted by atomic mass is 10.2. The highest BCUT2D eigenvalue weighted by molar-refractivity contribution is 7.99. The number of aromatic nitrogens is 2. The summed E-state index contributed by atoms with van der Waals surface area (Å²) < 4.78 is 5.21. The summed E-state index contributed by atoms with van der Waals surface area (Å²) in [5.74, 6) is -0.349. The van der Waals surface area contributed by atoms with Crippen molar-refractivity contribution in [2.45, 2.75) is 31.4 Å². The average Bonchev–Trinajstić information content (AvgIpc) is 2.59. The van der Waals surface area contributed by atoms with Crippen LogP contribution in [0.3, 0.4) is 0 Å². The Hall–Kier alpha value is -1.04. The van der Waals surface area contributed by atoms with Crippen LogP contribution in [0.1, 0.15) is 25.7 Å². The third kappa shape index (κ3) is 3.78. The SMILES string of the molecule is CCCCc1nnc(SCC(=O)O)o1. The summed E-state index contributed by atoms with van der Waals surface area (Å²) in [5, 5.41) is 16.3. The highest BCUT2D eigenvalue weighted by Crippen LogP contribution is 2.16. The number of carboxylic acid groups (broad SMARTS) is 1. The minimum absolute atomic E-state index is 0.0462. The maximum Gasteiger partial charge on any atom is 0.314 e. The molecular formula is C8H12N2O3S. The topological polar surface area (TPSA) is 76.2 Å². The number of hydrogen-bond donors (Lipinski definition) is 1. The summed E-state index contributed by atoms with van der Waals surface area (Å²) in [6.45, 7) is 2.08. The van der Waals surface area contributed by atoms with Crippen molar-refractivity contribution in [1.82, 2.24) is 10.2 Å². The van der Waals surface area contributed by atoms with Crippen LogP contribution >= 0.6 is 11.8 Å². The van der Waals surface area contributed by atoms with Gasteiger partial charge in [-0.15, -0.1) is 10.2 Å². The lowest BCUT2D eigenvalue weighted by Gasteiger charge is -1.90. The summed E-state index contributed by atoms with van der Waals surface area (Å²) >= 11 is 1.04. The van der Waals surface area contributed by atoms with Gasteiger partial charge < -0.3 is 9.52 Å². The molecular weight excluding hydrogens is 204 g/mol. The van der Waals surface area contributed by atoms with Crippen LogP contribution in [0, 0.1) is 0 Å². The highest BCUT2D eigenvalue weighted by Gasteiger charge is 2.07. The van der Waals surface area contributed by atoms with Gasteiger partial charge >= 0.3 is 5.97 Å². The molecule has 0 saturated carbocycles. The Labute approximate surface area is 85.9 Å². The minimum Gasteiger partial charge on any atom is -0.481 e. The zero-order chi connectivity index (χ0) is 10.4. The molecule has 0 aliphatic rings. The molecule has 0 atom stereocenters. The predicted molar refractivity (Wildman–Crippen MR) is 51.3 cm³/mol. The number of carboxylic acids is 1. The van der Waals surface area contributed by atoms with Crippen LogP contribution in [0.5, 0.6) is 0 Å². The fraction of sp³-hybridized carbons (Fsp3) is 0.625. The van der Waals surface area contributed by atoms with Crippen molar-refractivity contribution in [2.24, 2.45) is 0 Å². The molecule has 0 aromatic carbocycles. The summed E-state index contributed by atoms with van der Waals surface area (Å²) in [7, 11) is 0. The van der Waals surface area contributed by atoms with Gasteiger partial charge in [-0.25, -0.2) is 0 Å². The molecule has 0 spiro atoms. The first kappa shape index (κ1) is 11.0. The summed E-state index contributed by atoms with van der Waals surface area (Å²) in [6.07, 6.45) is 2.84. The van der Waals surface area contributed by atoms with E-state index in [1.54, 1.807) is 0 Å². The fourth-order valence-electron chi connectivity index (χ4n) is 0.849. The fourth-order valence-corrected chi connectivity index (χ4v) is 1.35. The molecule has 1 heterocycles. The van der Waals surface area contributed by atoms with Crippen molar-refractivity contribution in [3.63, 3.8) is 0 Å². The van der Waals surface area contributed by atoms with Gasteiger partial charge in [-0.2, -0.15) is 0 Å². The highest BCUT2D eigenvalue weighted by atomic mass is 32.2. The Morgan fingerprint density at radius 1 is 1.57 bits per heavy atom. The molecule has 1 rings (SSSR count). The first-order valence-electron chi connectivity index (χ1n) is 4.39. The van der Waals surface area contributed by atoms with E-state index in [0.717, 1.165) is 31.0 Å². The Balaban J connectivity index is 2.38. The quantitative estimate of drug-likeness (QED) is 0.728. The monoisotopic (exact) mass is 216 g/mol. The molecule has 1 aromatic heterocycles. The zero-order valence-electron chi connectivity index (χ0n) is 7.89. The minimum atomic E-state index is -0.886. The molecule has 14 heavy (non-hydrogen) atoms. The molecule has 6 heteroatoms. The van der Waals surface area contributed by atoms with E-state index >= 15 is 0 Å². The Bertz CT molecular complexity index is 301. The molecule has 78 valence electrons. The van der Waals surface area contributed by atoms with Crippen molar-refractivity contribution in [3.05, 3.63) is 5.89 Å². The largest absolute Gasteiger partial charge is 0.481 e. The molecule has 0 aliphatic carbocycles. The number of rotatable bonds is 6. The van der Waals surface area contributed by atoms with E-state index in [1.807, 2.05) is 0 Å². The van der Waals surface area contributed by atoms with Crippen LogP contribution in [0.15, 0.2) is 9.64 Å². The van der Waals surface area contributed by atoms with Gasteiger partial charge in [0.05, 0.1) is 0 Å². The molecule has 1 aromatic rings. The Morgan fingerprint density at radius 3 is 3.00 bits per heavy atom. The summed E-state index contributed by atoms with van der Waals surface area (Å²) in [6, 6.07) is 0. The number of hydrogen-bond acceptors (Lipinski definition) is 5. The van der Waals surface area contributed by atoms with E-state index in [2.05, 4.69) is 17.1 Å². The molecule has 1 N–H and O–H groups in total. The van der Waals surface area contributed by atoms with Gasteiger partial charge in [0.15, 0.2) is 0 Å². The van der Waals surface area contributed by atoms with Crippen LogP contribution < -0.4 is 0 Å². The van der Waals surface area contributed by atoms with Gasteiger partial charge in [0, 0.05) is 6.42 Å². The molecule has 0 radical (unpaired) electrons. The van der Waals surface area contributed by atoms with Crippen LogP contribution in [-0.4, -0.2) is 27.0 Å². The van der Waals surface area contributed by atoms with Gasteiger partial charge in [0.25, 0.3) is 5.22 Å². The van der Waals surface area contributed by atoms with Crippen molar-refractivity contribution in [2.75, 3.05) is 5.75 Å². The van der Waals surface area contributed by atoms with Crippen molar-refractivity contribution >= 4 is 17.7 Å². The lowest BCUT2D eigenvalue weighted by molar-refractivity contribution is -0.133. The maximum atomic E-state index is 10.2. The van der Waals surface area contributed by atoms with E-state index in [1.165, 1.54) is 0 Å². The predicted octanol–water partition coefficient (Wildman–Crippen LogP) is 1.59. The van der Waals surface area contributed by atoms with E-state index in [0.29, 0.717) is 11.1 Å². The van der Waals surface area contributed by atoms with Crippen molar-refractivity contribution in [1.29, 1.82) is 0 Å². The second-order valence-corrected chi connectivity index (χ2v) is 3.67. The van der Waals surface area contributed by atoms with Crippen LogP contribution in [0.4, 0.5) is 0 Å². The normalized spacial score (nSPS) is 10.4. The van der Waals surface area contributed by atoms with Crippen molar-refractivity contribution < 1.29 is 14.3 Å². The van der Waals surface area contributed by atoms with E-state index in [4.69, 9.17) is 9.52 Å². The first-order chi connectivity index (χ1) is 6.72. The van der Waals surface area contributed by atoms with Gasteiger partial charge in [0.1, 0.15) is 5.75 Å². The molecule has 0 unspecified atom stereocenters. The van der Waals surface area contributed by atoms with Crippen LogP contribution in [0.2, 0.25) is 0 Å². The number of aryl methyl sites for hydroxylation is 1. The Kier molecular flexibility index (Phi) is 4.45. The third-order valence-corrected chi connectivity index (χ3v) is 2.31. The van der Waals surface area contributed by atoms with E-state index < -0.39 is 5.97 Å². The molecule has 0 aliphatic heterocycles. The van der Waals surface area contributed by atoms with Gasteiger partial charge in [-0.05, 0) is 6.42 Å². The molecule has 0 saturated heterocycles. The molecule has 0 bridgehead atoms. The summed E-state index contributed by atoms with van der Waals surface area (Å²) in [5.41, 5.74) is 0. The third-order valence-electron chi connectivity index (χ3n) is 1.51. The number of carbonyl (C=O) groups is 1. The second kappa shape index (κ2) is 5.64. The first-order valence-corrected chi connectivity index (χ1v) is 5.38. The van der Waals surface area contributed by atoms with Gasteiger partial charge in [-0.1, -0.05) is 25.1 Å². The number of aliphatic carboxylic acids is 1. The van der Waals surface area contributed by atoms with E-state index in [9.17, 15) is 4.79 Å². The smallest absolute Gasteiger partial charge is 0.314 e. The summed E-state index contributed by atoms with van der Waals surface area (Å²) in [4.78, 5) is 10.2. The zero-order valence-corrected chi connectivity index (χ0v) is 8.71. The molecule has 5 nitrogen and oxygen atoms in total. The van der Waals surface area contributed by atoms with Crippen molar-refractivity contribution in [3.8, 4) is 0 Å². The average molecular weight is 216 g/mol. The van der Waals surface area contributed by atoms with Gasteiger partial charge in [0.2, 0.25) is 5.89 Å². The standard InChI is InChI=1S/C8H12N2O3S/c1-2-3-4-6-9-10-8(13-6)14-5-7(11)12/h2-5H2,1H3,(H,11,12). The molecule has 0 fully saturated rings. The Morgan fingerprint density at radius 2 is 2.36 bits per heavy atom. The van der Waals surface area contributed by atoms with Crippen LogP contribution in [-0.2, 0) is 11.2 Å². The van der Waals surface area contributed by atoms with Gasteiger partial charge in [-0.3, -0.25) is 4.79 Å². The number of nitrogens with zero attached hydrogens (tertiary/aromatic N) is 2. The molecule has 0 amide bonds. The maximum absolute atomic E-state index is 10.2. The van der Waals surface area contributed by atoms with Crippen LogP contribution in [0.25, 0.3) is 0 Å². The number of unbranched alkanes of at least 4 members (excludes halogenated alkanes) is 1. The van der Waals surface area contributed by atoms with E-state index in [-0.39, 0.29) is 5.75 Å². The lowest BCUT2D eigenvalue weighted by Crippen LogP contribution is -1.97. The number of thioether (sulfide) groups is 1.